The maximum Gasteiger partial charge on any atom is 0.143 e. The van der Waals surface area contributed by atoms with Gasteiger partial charge in [0, 0.05) is 19.3 Å². The van der Waals surface area contributed by atoms with E-state index in [2.05, 4.69) is 36.1 Å². The van der Waals surface area contributed by atoms with Crippen molar-refractivity contribution in [1.82, 2.24) is 14.9 Å². The van der Waals surface area contributed by atoms with Gasteiger partial charge in [0.2, 0.25) is 0 Å². The highest BCUT2D eigenvalue weighted by molar-refractivity contribution is 9.10. The standard InChI is InChI=1S/C10H17BrN4O/c1-15(2)4-6-16-5-3-13-10-9(11)7-12-8-14-10/h7-8H,3-6H2,1-2H3,(H,12,13,14). The molecule has 0 bridgehead atoms. The van der Waals surface area contributed by atoms with Crippen molar-refractivity contribution < 1.29 is 4.74 Å². The molecular weight excluding hydrogens is 272 g/mol. The zero-order chi connectivity index (χ0) is 11.8. The number of anilines is 1. The summed E-state index contributed by atoms with van der Waals surface area (Å²) in [6.07, 6.45) is 3.22. The van der Waals surface area contributed by atoms with Gasteiger partial charge in [0.15, 0.2) is 0 Å². The van der Waals surface area contributed by atoms with E-state index < -0.39 is 0 Å². The Labute approximate surface area is 104 Å². The third-order valence-electron chi connectivity index (χ3n) is 1.89. The summed E-state index contributed by atoms with van der Waals surface area (Å²) in [6, 6.07) is 0. The lowest BCUT2D eigenvalue weighted by Gasteiger charge is -2.10. The van der Waals surface area contributed by atoms with E-state index >= 15 is 0 Å². The van der Waals surface area contributed by atoms with E-state index in [0.29, 0.717) is 6.61 Å². The summed E-state index contributed by atoms with van der Waals surface area (Å²) in [7, 11) is 4.05. The lowest BCUT2D eigenvalue weighted by molar-refractivity contribution is 0.126. The molecule has 0 radical (unpaired) electrons. The van der Waals surface area contributed by atoms with Gasteiger partial charge in [0.1, 0.15) is 12.1 Å². The number of nitrogens with zero attached hydrogens (tertiary/aromatic N) is 3. The second-order valence-corrected chi connectivity index (χ2v) is 4.42. The fourth-order valence-electron chi connectivity index (χ4n) is 1.03. The summed E-state index contributed by atoms with van der Waals surface area (Å²) in [6.45, 7) is 3.10. The van der Waals surface area contributed by atoms with Gasteiger partial charge in [-0.2, -0.15) is 0 Å². The number of halogens is 1. The zero-order valence-corrected chi connectivity index (χ0v) is 11.2. The molecule has 0 aliphatic rings. The molecule has 0 atom stereocenters. The molecule has 0 fully saturated rings. The van der Waals surface area contributed by atoms with Crippen molar-refractivity contribution in [3.05, 3.63) is 17.0 Å². The maximum absolute atomic E-state index is 5.44. The van der Waals surface area contributed by atoms with Crippen LogP contribution >= 0.6 is 15.9 Å². The quantitative estimate of drug-likeness (QED) is 0.765. The van der Waals surface area contributed by atoms with Gasteiger partial charge in [0.25, 0.3) is 0 Å². The Hall–Kier alpha value is -0.720. The molecule has 1 aromatic rings. The van der Waals surface area contributed by atoms with Crippen LogP contribution in [0.5, 0.6) is 0 Å². The Morgan fingerprint density at radius 2 is 2.25 bits per heavy atom. The molecule has 0 saturated heterocycles. The first-order valence-corrected chi connectivity index (χ1v) is 5.91. The largest absolute Gasteiger partial charge is 0.378 e. The van der Waals surface area contributed by atoms with Crippen molar-refractivity contribution in [1.29, 1.82) is 0 Å². The molecule has 0 amide bonds. The van der Waals surface area contributed by atoms with Gasteiger partial charge in [-0.3, -0.25) is 0 Å². The van der Waals surface area contributed by atoms with E-state index in [1.807, 2.05) is 14.1 Å². The minimum Gasteiger partial charge on any atom is -0.378 e. The molecular formula is C10H17BrN4O. The molecule has 1 aromatic heterocycles. The molecule has 0 aliphatic carbocycles. The van der Waals surface area contributed by atoms with Crippen LogP contribution < -0.4 is 5.32 Å². The first-order valence-electron chi connectivity index (χ1n) is 5.12. The van der Waals surface area contributed by atoms with Crippen LogP contribution in [0.2, 0.25) is 0 Å². The highest BCUT2D eigenvalue weighted by Gasteiger charge is 1.98. The minimum absolute atomic E-state index is 0.671. The van der Waals surface area contributed by atoms with E-state index in [0.717, 1.165) is 30.0 Å². The van der Waals surface area contributed by atoms with E-state index in [-0.39, 0.29) is 0 Å². The monoisotopic (exact) mass is 288 g/mol. The topological polar surface area (TPSA) is 50.3 Å². The number of ether oxygens (including phenoxy) is 1. The highest BCUT2D eigenvalue weighted by atomic mass is 79.9. The van der Waals surface area contributed by atoms with Crippen LogP contribution in [0, 0.1) is 0 Å². The summed E-state index contributed by atoms with van der Waals surface area (Å²) in [5.41, 5.74) is 0. The number of hydrogen-bond donors (Lipinski definition) is 1. The lowest BCUT2D eigenvalue weighted by Crippen LogP contribution is -2.20. The van der Waals surface area contributed by atoms with Gasteiger partial charge in [-0.05, 0) is 30.0 Å². The summed E-state index contributed by atoms with van der Waals surface area (Å²) in [5.74, 6) is 0.797. The van der Waals surface area contributed by atoms with Crippen molar-refractivity contribution in [2.24, 2.45) is 0 Å². The molecule has 1 heterocycles. The van der Waals surface area contributed by atoms with Crippen LogP contribution in [0.25, 0.3) is 0 Å². The summed E-state index contributed by atoms with van der Waals surface area (Å²) >= 11 is 3.36. The second-order valence-electron chi connectivity index (χ2n) is 3.56. The first-order chi connectivity index (χ1) is 7.70. The molecule has 90 valence electrons. The molecule has 1 N–H and O–H groups in total. The number of rotatable bonds is 7. The molecule has 1 rings (SSSR count). The third-order valence-corrected chi connectivity index (χ3v) is 2.47. The molecule has 0 saturated carbocycles. The van der Waals surface area contributed by atoms with E-state index in [1.54, 1.807) is 6.20 Å². The smallest absolute Gasteiger partial charge is 0.143 e. The van der Waals surface area contributed by atoms with Gasteiger partial charge in [0.05, 0.1) is 17.7 Å². The third kappa shape index (κ3) is 5.39. The predicted molar refractivity (Wildman–Crippen MR) is 67.6 cm³/mol. The Morgan fingerprint density at radius 3 is 2.94 bits per heavy atom. The average molecular weight is 289 g/mol. The summed E-state index contributed by atoms with van der Waals surface area (Å²) < 4.78 is 6.31. The molecule has 0 aliphatic heterocycles. The highest BCUT2D eigenvalue weighted by Crippen LogP contribution is 2.16. The van der Waals surface area contributed by atoms with E-state index in [1.165, 1.54) is 6.33 Å². The van der Waals surface area contributed by atoms with Crippen LogP contribution in [0.1, 0.15) is 0 Å². The number of nitrogens with one attached hydrogen (secondary N) is 1. The van der Waals surface area contributed by atoms with E-state index in [4.69, 9.17) is 4.74 Å². The van der Waals surface area contributed by atoms with Gasteiger partial charge < -0.3 is 15.0 Å². The number of hydrogen-bond acceptors (Lipinski definition) is 5. The van der Waals surface area contributed by atoms with Gasteiger partial charge in [-0.25, -0.2) is 9.97 Å². The molecule has 0 aromatic carbocycles. The van der Waals surface area contributed by atoms with Gasteiger partial charge in [-0.1, -0.05) is 0 Å². The molecule has 6 heteroatoms. The van der Waals surface area contributed by atoms with Crippen LogP contribution in [0.3, 0.4) is 0 Å². The fraction of sp³-hybridized carbons (Fsp3) is 0.600. The zero-order valence-electron chi connectivity index (χ0n) is 9.61. The van der Waals surface area contributed by atoms with Crippen molar-refractivity contribution >= 4 is 21.7 Å². The lowest BCUT2D eigenvalue weighted by atomic mass is 10.5. The van der Waals surface area contributed by atoms with E-state index in [9.17, 15) is 0 Å². The van der Waals surface area contributed by atoms with Crippen molar-refractivity contribution in [2.45, 2.75) is 0 Å². The normalized spacial score (nSPS) is 10.8. The number of aromatic nitrogens is 2. The Kier molecular flexibility index (Phi) is 6.29. The Balaban J connectivity index is 2.10. The van der Waals surface area contributed by atoms with Crippen LogP contribution in [0.4, 0.5) is 5.82 Å². The molecule has 0 spiro atoms. The van der Waals surface area contributed by atoms with Crippen molar-refractivity contribution in [3.8, 4) is 0 Å². The molecule has 16 heavy (non-hydrogen) atoms. The SMILES string of the molecule is CN(C)CCOCCNc1ncncc1Br. The summed E-state index contributed by atoms with van der Waals surface area (Å²) in [4.78, 5) is 10.1. The van der Waals surface area contributed by atoms with Crippen molar-refractivity contribution in [3.63, 3.8) is 0 Å². The average Bonchev–Trinajstić information content (AvgIpc) is 2.25. The minimum atomic E-state index is 0.671. The Morgan fingerprint density at radius 1 is 1.44 bits per heavy atom. The summed E-state index contributed by atoms with van der Waals surface area (Å²) in [5, 5.41) is 3.16. The first kappa shape index (κ1) is 13.3. The fourth-order valence-corrected chi connectivity index (χ4v) is 1.39. The van der Waals surface area contributed by atoms with Gasteiger partial charge in [-0.15, -0.1) is 0 Å². The molecule has 0 unspecified atom stereocenters. The number of likely N-dealkylation sites (N-methyl/N-ethyl adjacent to an activating group) is 1. The maximum atomic E-state index is 5.44. The molecule has 5 nitrogen and oxygen atoms in total. The van der Waals surface area contributed by atoms with Crippen LogP contribution in [0.15, 0.2) is 17.0 Å². The van der Waals surface area contributed by atoms with Crippen LogP contribution in [-0.2, 0) is 4.74 Å². The van der Waals surface area contributed by atoms with Crippen LogP contribution in [-0.4, -0.2) is 55.3 Å². The van der Waals surface area contributed by atoms with Gasteiger partial charge >= 0.3 is 0 Å². The van der Waals surface area contributed by atoms with Crippen molar-refractivity contribution in [2.75, 3.05) is 45.7 Å². The second kappa shape index (κ2) is 7.54. The predicted octanol–water partition coefficient (Wildman–Crippen LogP) is 1.23. The Bertz CT molecular complexity index is 309.